The predicted molar refractivity (Wildman–Crippen MR) is 89.8 cm³/mol. The molecule has 0 bridgehead atoms. The number of nitrogens with one attached hydrogen (secondary N) is 2. The number of hydrogen-bond acceptors (Lipinski definition) is 4. The maximum Gasteiger partial charge on any atom is 0.263 e. The van der Waals surface area contributed by atoms with Gasteiger partial charge in [0.15, 0.2) is 0 Å². The van der Waals surface area contributed by atoms with Crippen molar-refractivity contribution in [3.05, 3.63) is 33.7 Å². The van der Waals surface area contributed by atoms with E-state index in [2.05, 4.69) is 10.6 Å². The molecular weight excluding hydrogens is 294 g/mol. The predicted octanol–water partition coefficient (Wildman–Crippen LogP) is 0.743. The summed E-state index contributed by atoms with van der Waals surface area (Å²) in [6.45, 7) is 5.79. The monoisotopic (exact) mass is 321 g/mol. The Hall–Kier alpha value is -1.66. The van der Waals surface area contributed by atoms with Gasteiger partial charge in [0.2, 0.25) is 0 Å². The number of aromatic nitrogens is 1. The largest absolute Gasteiger partial charge is 0.388 e. The lowest BCUT2D eigenvalue weighted by atomic mass is 9.95. The van der Waals surface area contributed by atoms with Crippen molar-refractivity contribution in [2.45, 2.75) is 44.6 Å². The SMILES string of the molecule is CC(C)c1ccc(C(=O)NCC2(O)CCCNCC2)c(=O)n1C. The van der Waals surface area contributed by atoms with E-state index < -0.39 is 11.5 Å². The molecule has 6 heteroatoms. The van der Waals surface area contributed by atoms with Gasteiger partial charge in [-0.3, -0.25) is 9.59 Å². The fourth-order valence-corrected chi connectivity index (χ4v) is 3.03. The molecule has 1 fully saturated rings. The van der Waals surface area contributed by atoms with Crippen LogP contribution in [0.4, 0.5) is 0 Å². The van der Waals surface area contributed by atoms with Crippen LogP contribution in [0.25, 0.3) is 0 Å². The van der Waals surface area contributed by atoms with Crippen LogP contribution in [0.2, 0.25) is 0 Å². The Morgan fingerprint density at radius 2 is 2.13 bits per heavy atom. The second kappa shape index (κ2) is 7.27. The maximum atomic E-state index is 12.4. The van der Waals surface area contributed by atoms with Crippen LogP contribution in [0.5, 0.6) is 0 Å². The van der Waals surface area contributed by atoms with Crippen LogP contribution in [0, 0.1) is 0 Å². The Bertz CT molecular complexity index is 614. The molecule has 128 valence electrons. The number of rotatable bonds is 4. The van der Waals surface area contributed by atoms with Crippen molar-refractivity contribution >= 4 is 5.91 Å². The molecule has 0 aliphatic carbocycles. The van der Waals surface area contributed by atoms with Crippen molar-refractivity contribution in [2.24, 2.45) is 7.05 Å². The molecule has 6 nitrogen and oxygen atoms in total. The number of pyridine rings is 1. The molecule has 1 aliphatic heterocycles. The van der Waals surface area contributed by atoms with Crippen molar-refractivity contribution in [2.75, 3.05) is 19.6 Å². The van der Waals surface area contributed by atoms with Gasteiger partial charge in [-0.1, -0.05) is 13.8 Å². The molecule has 23 heavy (non-hydrogen) atoms. The lowest BCUT2D eigenvalue weighted by molar-refractivity contribution is 0.0275. The van der Waals surface area contributed by atoms with Gasteiger partial charge in [-0.15, -0.1) is 0 Å². The van der Waals surface area contributed by atoms with Crippen LogP contribution in [0.15, 0.2) is 16.9 Å². The number of amides is 1. The Morgan fingerprint density at radius 1 is 1.39 bits per heavy atom. The summed E-state index contributed by atoms with van der Waals surface area (Å²) < 4.78 is 1.52. The minimum absolute atomic E-state index is 0.118. The van der Waals surface area contributed by atoms with Gasteiger partial charge in [-0.05, 0) is 50.4 Å². The molecule has 0 aromatic carbocycles. The minimum Gasteiger partial charge on any atom is -0.388 e. The molecule has 2 heterocycles. The normalized spacial score (nSPS) is 22.0. The lowest BCUT2D eigenvalue weighted by Crippen LogP contribution is -2.44. The van der Waals surface area contributed by atoms with E-state index >= 15 is 0 Å². The Morgan fingerprint density at radius 3 is 2.83 bits per heavy atom. The average molecular weight is 321 g/mol. The summed E-state index contributed by atoms with van der Waals surface area (Å²) in [4.78, 5) is 24.7. The summed E-state index contributed by atoms with van der Waals surface area (Å²) in [5.41, 5.74) is -0.196. The summed E-state index contributed by atoms with van der Waals surface area (Å²) in [6, 6.07) is 3.39. The average Bonchev–Trinajstić information content (AvgIpc) is 2.72. The molecule has 1 aromatic heterocycles. The number of aliphatic hydroxyl groups is 1. The van der Waals surface area contributed by atoms with Crippen LogP contribution < -0.4 is 16.2 Å². The molecule has 0 radical (unpaired) electrons. The third kappa shape index (κ3) is 4.20. The van der Waals surface area contributed by atoms with Gasteiger partial charge < -0.3 is 20.3 Å². The molecule has 0 saturated carbocycles. The van der Waals surface area contributed by atoms with Crippen LogP contribution in [-0.4, -0.2) is 40.8 Å². The van der Waals surface area contributed by atoms with Crippen LogP contribution in [0.3, 0.4) is 0 Å². The summed E-state index contributed by atoms with van der Waals surface area (Å²) in [5.74, 6) is -0.212. The Balaban J connectivity index is 2.09. The summed E-state index contributed by atoms with van der Waals surface area (Å²) >= 11 is 0. The number of hydrogen-bond donors (Lipinski definition) is 3. The van der Waals surface area contributed by atoms with E-state index in [1.807, 2.05) is 19.9 Å². The van der Waals surface area contributed by atoms with E-state index in [1.165, 1.54) is 4.57 Å². The molecule has 2 rings (SSSR count). The molecule has 1 aliphatic rings. The van der Waals surface area contributed by atoms with E-state index in [1.54, 1.807) is 13.1 Å². The van der Waals surface area contributed by atoms with Gasteiger partial charge in [-0.2, -0.15) is 0 Å². The van der Waals surface area contributed by atoms with Crippen molar-refractivity contribution in [3.8, 4) is 0 Å². The highest BCUT2D eigenvalue weighted by atomic mass is 16.3. The maximum absolute atomic E-state index is 12.4. The molecule has 3 N–H and O–H groups in total. The zero-order valence-corrected chi connectivity index (χ0v) is 14.2. The van der Waals surface area contributed by atoms with Gasteiger partial charge >= 0.3 is 0 Å². The van der Waals surface area contributed by atoms with Crippen LogP contribution in [-0.2, 0) is 7.05 Å². The van der Waals surface area contributed by atoms with Gasteiger partial charge in [0.05, 0.1) is 5.60 Å². The molecule has 0 spiro atoms. The van der Waals surface area contributed by atoms with Gasteiger partial charge in [0.25, 0.3) is 11.5 Å². The lowest BCUT2D eigenvalue weighted by Gasteiger charge is -2.26. The number of carbonyl (C=O) groups is 1. The quantitative estimate of drug-likeness (QED) is 0.764. The summed E-state index contributed by atoms with van der Waals surface area (Å²) in [7, 11) is 1.68. The van der Waals surface area contributed by atoms with Crippen molar-refractivity contribution < 1.29 is 9.90 Å². The summed E-state index contributed by atoms with van der Waals surface area (Å²) in [6.07, 6.45) is 2.11. The molecule has 1 unspecified atom stereocenters. The van der Waals surface area contributed by atoms with Crippen molar-refractivity contribution in [1.82, 2.24) is 15.2 Å². The van der Waals surface area contributed by atoms with E-state index in [-0.39, 0.29) is 23.6 Å². The zero-order valence-electron chi connectivity index (χ0n) is 14.2. The first-order valence-electron chi connectivity index (χ1n) is 8.25. The highest BCUT2D eigenvalue weighted by molar-refractivity contribution is 5.93. The first-order chi connectivity index (χ1) is 10.8. The Kier molecular flexibility index (Phi) is 5.59. The highest BCUT2D eigenvalue weighted by Gasteiger charge is 2.28. The van der Waals surface area contributed by atoms with Crippen molar-refractivity contribution in [1.29, 1.82) is 0 Å². The van der Waals surface area contributed by atoms with E-state index in [0.29, 0.717) is 12.8 Å². The van der Waals surface area contributed by atoms with Crippen LogP contribution >= 0.6 is 0 Å². The van der Waals surface area contributed by atoms with Gasteiger partial charge in [-0.25, -0.2) is 0 Å². The topological polar surface area (TPSA) is 83.4 Å². The van der Waals surface area contributed by atoms with Crippen molar-refractivity contribution in [3.63, 3.8) is 0 Å². The zero-order chi connectivity index (χ0) is 17.0. The Labute approximate surface area is 136 Å². The minimum atomic E-state index is -0.901. The van der Waals surface area contributed by atoms with Crippen LogP contribution in [0.1, 0.15) is 55.1 Å². The van der Waals surface area contributed by atoms with Gasteiger partial charge in [0, 0.05) is 19.3 Å². The third-order valence-electron chi connectivity index (χ3n) is 4.52. The first-order valence-corrected chi connectivity index (χ1v) is 8.25. The third-order valence-corrected chi connectivity index (χ3v) is 4.52. The molecule has 1 aromatic rings. The number of carbonyl (C=O) groups excluding carboxylic acids is 1. The summed E-state index contributed by atoms with van der Waals surface area (Å²) in [5, 5.41) is 16.5. The second-order valence-electron chi connectivity index (χ2n) is 6.70. The molecular formula is C17H27N3O3. The standard InChI is InChI=1S/C17H27N3O3/c1-12(2)14-6-5-13(16(22)20(14)3)15(21)19-11-17(23)7-4-9-18-10-8-17/h5-6,12,18,23H,4,7-11H2,1-3H3,(H,19,21). The fraction of sp³-hybridized carbons (Fsp3) is 0.647. The highest BCUT2D eigenvalue weighted by Crippen LogP contribution is 2.18. The molecule has 1 atom stereocenters. The molecule has 1 saturated heterocycles. The smallest absolute Gasteiger partial charge is 0.263 e. The van der Waals surface area contributed by atoms with E-state index in [0.717, 1.165) is 25.2 Å². The van der Waals surface area contributed by atoms with Gasteiger partial charge in [0.1, 0.15) is 5.56 Å². The number of nitrogens with zero attached hydrogens (tertiary/aromatic N) is 1. The molecule has 1 amide bonds. The first kappa shape index (κ1) is 17.7. The van der Waals surface area contributed by atoms with E-state index in [9.17, 15) is 14.7 Å². The fourth-order valence-electron chi connectivity index (χ4n) is 3.03. The van der Waals surface area contributed by atoms with E-state index in [4.69, 9.17) is 0 Å². The second-order valence-corrected chi connectivity index (χ2v) is 6.70.